The lowest BCUT2D eigenvalue weighted by atomic mass is 10.1. The number of rotatable bonds is 7. The lowest BCUT2D eigenvalue weighted by Gasteiger charge is -2.16. The zero-order chi connectivity index (χ0) is 24.2. The van der Waals surface area contributed by atoms with Gasteiger partial charge in [0.1, 0.15) is 10.1 Å². The zero-order valence-electron chi connectivity index (χ0n) is 17.2. The van der Waals surface area contributed by atoms with E-state index in [1.165, 1.54) is 11.0 Å². The van der Waals surface area contributed by atoms with Crippen molar-refractivity contribution in [2.75, 3.05) is 19.0 Å². The van der Waals surface area contributed by atoms with E-state index in [1.807, 2.05) is 6.07 Å². The van der Waals surface area contributed by atoms with Gasteiger partial charge in [-0.3, -0.25) is 14.5 Å². The summed E-state index contributed by atoms with van der Waals surface area (Å²) in [6.07, 6.45) is -2.83. The third-order valence-corrected chi connectivity index (χ3v) is 6.22. The summed E-state index contributed by atoms with van der Waals surface area (Å²) in [7, 11) is 1.55. The van der Waals surface area contributed by atoms with E-state index in [2.05, 4.69) is 5.32 Å². The predicted molar refractivity (Wildman–Crippen MR) is 127 cm³/mol. The summed E-state index contributed by atoms with van der Waals surface area (Å²) in [5.41, 5.74) is -0.621. The van der Waals surface area contributed by atoms with Gasteiger partial charge in [-0.25, -0.2) is 0 Å². The van der Waals surface area contributed by atoms with Gasteiger partial charge in [-0.05, 0) is 48.4 Å². The molecule has 0 unspecified atom stereocenters. The molecule has 2 aromatic carbocycles. The minimum absolute atomic E-state index is 0.0864. The molecule has 1 N–H and O–H groups in total. The number of thiocarbonyl (C=S) groups is 1. The molecule has 0 saturated carbocycles. The molecule has 5 nitrogen and oxygen atoms in total. The average Bonchev–Trinajstić information content (AvgIpc) is 3.01. The van der Waals surface area contributed by atoms with Crippen molar-refractivity contribution in [3.05, 3.63) is 63.5 Å². The summed E-state index contributed by atoms with van der Waals surface area (Å²) in [5, 5.41) is 2.18. The number of thioether (sulfide) groups is 1. The van der Waals surface area contributed by atoms with Crippen molar-refractivity contribution in [3.8, 4) is 5.75 Å². The highest BCUT2D eigenvalue weighted by atomic mass is 35.5. The van der Waals surface area contributed by atoms with E-state index >= 15 is 0 Å². The highest BCUT2D eigenvalue weighted by Gasteiger charge is 2.34. The molecule has 2 aromatic rings. The molecule has 33 heavy (non-hydrogen) atoms. The maximum absolute atomic E-state index is 13.2. The molecule has 0 radical (unpaired) electrons. The van der Waals surface area contributed by atoms with Gasteiger partial charge < -0.3 is 10.1 Å². The van der Waals surface area contributed by atoms with Crippen LogP contribution in [0.3, 0.4) is 0 Å². The molecule has 1 aliphatic rings. The number of nitrogens with one attached hydrogen (secondary N) is 1. The molecule has 2 amide bonds. The lowest BCUT2D eigenvalue weighted by molar-refractivity contribution is -0.137. The number of benzene rings is 2. The number of anilines is 1. The lowest BCUT2D eigenvalue weighted by Crippen LogP contribution is -2.29. The van der Waals surface area contributed by atoms with Crippen molar-refractivity contribution in [2.45, 2.75) is 19.0 Å². The van der Waals surface area contributed by atoms with Crippen molar-refractivity contribution in [2.24, 2.45) is 0 Å². The molecule has 1 saturated heterocycles. The third kappa shape index (κ3) is 6.49. The van der Waals surface area contributed by atoms with Crippen LogP contribution in [-0.2, 0) is 15.8 Å². The van der Waals surface area contributed by atoms with Gasteiger partial charge in [-0.15, -0.1) is 0 Å². The van der Waals surface area contributed by atoms with Gasteiger partial charge in [0.05, 0.1) is 23.3 Å². The second-order valence-electron chi connectivity index (χ2n) is 6.95. The van der Waals surface area contributed by atoms with Gasteiger partial charge in [0.25, 0.3) is 5.91 Å². The van der Waals surface area contributed by atoms with E-state index in [1.54, 1.807) is 31.4 Å². The Bertz CT molecular complexity index is 1120. The fourth-order valence-corrected chi connectivity index (χ4v) is 4.53. The molecular formula is C22H18ClF3N2O3S2. The second kappa shape index (κ2) is 10.6. The number of amides is 2. The van der Waals surface area contributed by atoms with Crippen molar-refractivity contribution in [1.29, 1.82) is 0 Å². The number of alkyl halides is 3. The van der Waals surface area contributed by atoms with Crippen LogP contribution in [0, 0.1) is 0 Å². The van der Waals surface area contributed by atoms with Crippen LogP contribution in [-0.4, -0.2) is 34.7 Å². The Labute approximate surface area is 202 Å². The van der Waals surface area contributed by atoms with Crippen molar-refractivity contribution in [3.63, 3.8) is 0 Å². The molecule has 0 spiro atoms. The fraction of sp³-hybridized carbons (Fsp3) is 0.227. The van der Waals surface area contributed by atoms with E-state index < -0.39 is 17.6 Å². The minimum atomic E-state index is -4.66. The molecule has 3 rings (SSSR count). The van der Waals surface area contributed by atoms with E-state index in [4.69, 9.17) is 28.6 Å². The molecule has 0 aromatic heterocycles. The highest BCUT2D eigenvalue weighted by molar-refractivity contribution is 8.26. The largest absolute Gasteiger partial charge is 0.497 e. The number of ether oxygens (including phenoxy) is 1. The average molecular weight is 515 g/mol. The van der Waals surface area contributed by atoms with E-state index in [0.29, 0.717) is 15.0 Å². The topological polar surface area (TPSA) is 58.6 Å². The highest BCUT2D eigenvalue weighted by Crippen LogP contribution is 2.37. The van der Waals surface area contributed by atoms with Gasteiger partial charge in [0.2, 0.25) is 5.91 Å². The van der Waals surface area contributed by atoms with Crippen LogP contribution in [0.15, 0.2) is 47.4 Å². The Kier molecular flexibility index (Phi) is 8.04. The molecule has 174 valence electrons. The summed E-state index contributed by atoms with van der Waals surface area (Å²) in [6, 6.07) is 10.3. The van der Waals surface area contributed by atoms with Crippen LogP contribution in [0.2, 0.25) is 5.02 Å². The van der Waals surface area contributed by atoms with Gasteiger partial charge >= 0.3 is 6.18 Å². The summed E-state index contributed by atoms with van der Waals surface area (Å²) in [4.78, 5) is 26.7. The molecule has 0 atom stereocenters. The standard InChI is InChI=1S/C22H18ClF3N2O3S2/c1-31-15-5-2-4-13(10-15)11-18-20(30)28(21(32)33-18)9-3-6-19(29)27-17-8-7-14(23)12-16(17)22(24,25)26/h2,4-5,7-8,10-12H,3,6,9H2,1H3,(H,27,29)/b18-11-. The molecule has 11 heteroatoms. The van der Waals surface area contributed by atoms with Gasteiger partial charge in [0, 0.05) is 18.0 Å². The van der Waals surface area contributed by atoms with Gasteiger partial charge in [-0.2, -0.15) is 13.2 Å². The fourth-order valence-electron chi connectivity index (χ4n) is 3.05. The van der Waals surface area contributed by atoms with Crippen molar-refractivity contribution >= 4 is 63.5 Å². The number of carbonyl (C=O) groups is 2. The first-order chi connectivity index (χ1) is 15.6. The molecule has 1 heterocycles. The summed E-state index contributed by atoms with van der Waals surface area (Å²) < 4.78 is 45.0. The quantitative estimate of drug-likeness (QED) is 0.363. The first-order valence-electron chi connectivity index (χ1n) is 9.64. The van der Waals surface area contributed by atoms with Gasteiger partial charge in [0.15, 0.2) is 0 Å². The van der Waals surface area contributed by atoms with Crippen LogP contribution < -0.4 is 10.1 Å². The van der Waals surface area contributed by atoms with Gasteiger partial charge in [-0.1, -0.05) is 47.7 Å². The summed E-state index contributed by atoms with van der Waals surface area (Å²) in [6.45, 7) is 0.167. The van der Waals surface area contributed by atoms with Crippen molar-refractivity contribution in [1.82, 2.24) is 4.90 Å². The normalized spacial score (nSPS) is 15.3. The zero-order valence-corrected chi connectivity index (χ0v) is 19.6. The van der Waals surface area contributed by atoms with Crippen molar-refractivity contribution < 1.29 is 27.5 Å². The maximum Gasteiger partial charge on any atom is 0.418 e. The Morgan fingerprint density at radius 1 is 1.27 bits per heavy atom. The van der Waals surface area contributed by atoms with Crippen LogP contribution in [0.1, 0.15) is 24.0 Å². The first kappa shape index (κ1) is 25.1. The number of nitrogens with zero attached hydrogens (tertiary/aromatic N) is 1. The molecule has 1 fully saturated rings. The summed E-state index contributed by atoms with van der Waals surface area (Å²) >= 11 is 12.1. The SMILES string of the molecule is COc1cccc(/C=C2\SC(=S)N(CCCC(=O)Nc3ccc(Cl)cc3C(F)(F)F)C2=O)c1. The Balaban J connectivity index is 1.58. The number of hydrogen-bond donors (Lipinski definition) is 1. The number of hydrogen-bond acceptors (Lipinski definition) is 5. The summed E-state index contributed by atoms with van der Waals surface area (Å²) in [5.74, 6) is -0.245. The number of halogens is 4. The third-order valence-electron chi connectivity index (χ3n) is 4.61. The number of methoxy groups -OCH3 is 1. The monoisotopic (exact) mass is 514 g/mol. The Morgan fingerprint density at radius 3 is 2.73 bits per heavy atom. The van der Waals surface area contributed by atoms with Crippen LogP contribution in [0.4, 0.5) is 18.9 Å². The van der Waals surface area contributed by atoms with E-state index in [-0.39, 0.29) is 36.0 Å². The second-order valence-corrected chi connectivity index (χ2v) is 9.06. The Morgan fingerprint density at radius 2 is 2.03 bits per heavy atom. The molecular weight excluding hydrogens is 497 g/mol. The number of carbonyl (C=O) groups excluding carboxylic acids is 2. The maximum atomic E-state index is 13.2. The molecule has 1 aliphatic heterocycles. The first-order valence-corrected chi connectivity index (χ1v) is 11.2. The molecule has 0 bridgehead atoms. The smallest absolute Gasteiger partial charge is 0.418 e. The minimum Gasteiger partial charge on any atom is -0.497 e. The Hall–Kier alpha value is -2.56. The predicted octanol–water partition coefficient (Wildman–Crippen LogP) is 5.99. The van der Waals surface area contributed by atoms with Crippen LogP contribution in [0.25, 0.3) is 6.08 Å². The van der Waals surface area contributed by atoms with Crippen LogP contribution >= 0.6 is 35.6 Å². The molecule has 0 aliphatic carbocycles. The van der Waals surface area contributed by atoms with E-state index in [0.717, 1.165) is 29.5 Å². The van der Waals surface area contributed by atoms with Crippen LogP contribution in [0.5, 0.6) is 5.75 Å². The van der Waals surface area contributed by atoms with E-state index in [9.17, 15) is 22.8 Å².